The van der Waals surface area contributed by atoms with E-state index in [2.05, 4.69) is 93.8 Å². The van der Waals surface area contributed by atoms with Gasteiger partial charge >= 0.3 is 0 Å². The fourth-order valence-electron chi connectivity index (χ4n) is 4.15. The lowest BCUT2D eigenvalue weighted by Gasteiger charge is -2.36. The van der Waals surface area contributed by atoms with Crippen molar-refractivity contribution < 1.29 is 4.74 Å². The highest BCUT2D eigenvalue weighted by atomic mass is 16.5. The fourth-order valence-corrected chi connectivity index (χ4v) is 4.15. The quantitative estimate of drug-likeness (QED) is 0.362. The van der Waals surface area contributed by atoms with Gasteiger partial charge in [-0.05, 0) is 48.1 Å². The van der Waals surface area contributed by atoms with Crippen LogP contribution in [-0.4, -0.2) is 44.2 Å². The van der Waals surface area contributed by atoms with Gasteiger partial charge in [-0.3, -0.25) is 0 Å². The van der Waals surface area contributed by atoms with E-state index in [4.69, 9.17) is 4.74 Å². The third-order valence-electron chi connectivity index (χ3n) is 7.10. The summed E-state index contributed by atoms with van der Waals surface area (Å²) in [5.41, 5.74) is 8.84. The summed E-state index contributed by atoms with van der Waals surface area (Å²) in [6, 6.07) is 8.66. The fraction of sp³-hybridized carbons (Fsp3) is 0.484. The van der Waals surface area contributed by atoms with Crippen molar-refractivity contribution in [2.24, 2.45) is 5.41 Å². The Hall–Kier alpha value is -2.92. The molecule has 2 N–H and O–H groups in total. The van der Waals surface area contributed by atoms with Crippen LogP contribution in [0.15, 0.2) is 78.5 Å². The van der Waals surface area contributed by atoms with Gasteiger partial charge in [0.05, 0.1) is 12.1 Å². The summed E-state index contributed by atoms with van der Waals surface area (Å²) in [4.78, 5) is 2.05. The Morgan fingerprint density at radius 3 is 2.50 bits per heavy atom. The van der Waals surface area contributed by atoms with Crippen LogP contribution >= 0.6 is 0 Å². The Labute approximate surface area is 220 Å². The summed E-state index contributed by atoms with van der Waals surface area (Å²) < 4.78 is 6.55. The zero-order valence-corrected chi connectivity index (χ0v) is 24.0. The molecule has 2 heterocycles. The van der Waals surface area contributed by atoms with E-state index in [1.54, 1.807) is 0 Å². The number of hydrogen-bond donors (Lipinski definition) is 2. The van der Waals surface area contributed by atoms with Gasteiger partial charge in [0.25, 0.3) is 0 Å². The number of benzene rings is 1. The molecule has 0 bridgehead atoms. The minimum absolute atomic E-state index is 0.145. The van der Waals surface area contributed by atoms with Crippen LogP contribution in [0.5, 0.6) is 0 Å². The highest BCUT2D eigenvalue weighted by Gasteiger charge is 2.32. The number of nitrogens with zero attached hydrogens (tertiary/aromatic N) is 2. The van der Waals surface area contributed by atoms with Crippen molar-refractivity contribution in [1.29, 1.82) is 0 Å². The maximum Gasteiger partial charge on any atom is 0.195 e. The van der Waals surface area contributed by atoms with Crippen molar-refractivity contribution >= 4 is 5.57 Å². The maximum absolute atomic E-state index is 6.55. The highest BCUT2D eigenvalue weighted by molar-refractivity contribution is 5.73. The zero-order valence-electron chi connectivity index (χ0n) is 24.0. The van der Waals surface area contributed by atoms with E-state index in [0.717, 1.165) is 42.0 Å². The molecule has 3 rings (SSSR count). The van der Waals surface area contributed by atoms with E-state index in [1.165, 1.54) is 11.1 Å². The summed E-state index contributed by atoms with van der Waals surface area (Å²) in [5, 5.41) is 5.76. The number of allylic oxidation sites excluding steroid dienone is 3. The van der Waals surface area contributed by atoms with E-state index in [9.17, 15) is 0 Å². The van der Waals surface area contributed by atoms with Crippen LogP contribution in [-0.2, 0) is 10.3 Å². The van der Waals surface area contributed by atoms with Crippen LogP contribution in [0.1, 0.15) is 65.5 Å². The minimum atomic E-state index is -0.396. The number of hydrogen-bond acceptors (Lipinski definition) is 5. The molecule has 5 heteroatoms. The molecule has 5 nitrogen and oxygen atoms in total. The van der Waals surface area contributed by atoms with Gasteiger partial charge in [-0.1, -0.05) is 77.6 Å². The van der Waals surface area contributed by atoms with Gasteiger partial charge in [-0.2, -0.15) is 0 Å². The van der Waals surface area contributed by atoms with Crippen molar-refractivity contribution in [1.82, 2.24) is 20.7 Å². The Kier molecular flexibility index (Phi) is 10.5. The molecule has 0 amide bonds. The van der Waals surface area contributed by atoms with Crippen molar-refractivity contribution in [3.8, 4) is 0 Å². The molecule has 0 radical (unpaired) electrons. The SMILES string of the molecule is C=C/C(=C\N(C)C)c1cccc(C2(C)C=CC(C3=CN(C)NC3)=C(OCC(C)(CC)CC)N2)c1.CC. The third kappa shape index (κ3) is 7.07. The molecule has 0 spiro atoms. The molecule has 0 saturated carbocycles. The molecule has 1 unspecified atom stereocenters. The summed E-state index contributed by atoms with van der Waals surface area (Å²) in [5.74, 6) is 0.847. The highest BCUT2D eigenvalue weighted by Crippen LogP contribution is 2.35. The Morgan fingerprint density at radius 2 is 1.94 bits per heavy atom. The molecule has 0 aliphatic carbocycles. The monoisotopic (exact) mass is 492 g/mol. The number of nitrogens with one attached hydrogen (secondary N) is 2. The zero-order chi connectivity index (χ0) is 26.9. The molecule has 198 valence electrons. The minimum Gasteiger partial charge on any atom is -0.478 e. The summed E-state index contributed by atoms with van der Waals surface area (Å²) in [7, 11) is 6.08. The maximum atomic E-state index is 6.55. The van der Waals surface area contributed by atoms with Crippen LogP contribution in [0.4, 0.5) is 0 Å². The molecule has 1 aromatic carbocycles. The molecular weight excluding hydrogens is 444 g/mol. The molecule has 0 aromatic heterocycles. The van der Waals surface area contributed by atoms with Gasteiger partial charge in [0.1, 0.15) is 0 Å². The number of rotatable bonds is 10. The number of hydrazine groups is 1. The van der Waals surface area contributed by atoms with Crippen LogP contribution < -0.4 is 10.7 Å². The van der Waals surface area contributed by atoms with E-state index in [1.807, 2.05) is 51.0 Å². The van der Waals surface area contributed by atoms with E-state index in [-0.39, 0.29) is 5.41 Å². The normalized spacial score (nSPS) is 19.9. The third-order valence-corrected chi connectivity index (χ3v) is 7.10. The smallest absolute Gasteiger partial charge is 0.195 e. The average Bonchev–Trinajstić information content (AvgIpc) is 3.33. The molecule has 2 aliphatic heterocycles. The summed E-state index contributed by atoms with van der Waals surface area (Å²) >= 11 is 0. The first-order valence-electron chi connectivity index (χ1n) is 13.3. The summed E-state index contributed by atoms with van der Waals surface area (Å²) in [6.45, 7) is 18.5. The van der Waals surface area contributed by atoms with Gasteiger partial charge in [0.15, 0.2) is 5.88 Å². The second-order valence-corrected chi connectivity index (χ2v) is 10.1. The van der Waals surface area contributed by atoms with E-state index < -0.39 is 5.54 Å². The Bertz CT molecular complexity index is 1010. The second-order valence-electron chi connectivity index (χ2n) is 10.1. The van der Waals surface area contributed by atoms with Crippen LogP contribution in [0.2, 0.25) is 0 Å². The van der Waals surface area contributed by atoms with E-state index in [0.29, 0.717) is 6.61 Å². The Morgan fingerprint density at radius 1 is 1.25 bits per heavy atom. The van der Waals surface area contributed by atoms with Crippen molar-refractivity contribution in [3.05, 3.63) is 89.6 Å². The van der Waals surface area contributed by atoms with Crippen LogP contribution in [0.3, 0.4) is 0 Å². The first-order chi connectivity index (χ1) is 17.1. The standard InChI is InChI=1S/C29H42N4O.C2H6/c1-9-22(19-32(6)7)23-13-12-14-25(17-23)29(5)16-15-26(24-18-30-33(8)20-24)27(31-29)34-21-28(4,10-2)11-3;1-2/h9,12-17,19-20,30-31H,1,10-11,18,21H2,2-8H3;1-2H3/b22-19+;. The molecule has 0 fully saturated rings. The topological polar surface area (TPSA) is 39.8 Å². The van der Waals surface area contributed by atoms with Crippen molar-refractivity contribution in [2.45, 2.75) is 59.9 Å². The van der Waals surface area contributed by atoms with Crippen LogP contribution in [0, 0.1) is 5.41 Å². The van der Waals surface area contributed by atoms with Gasteiger partial charge in [0.2, 0.25) is 0 Å². The van der Waals surface area contributed by atoms with Gasteiger partial charge in [0, 0.05) is 51.1 Å². The van der Waals surface area contributed by atoms with Crippen molar-refractivity contribution in [3.63, 3.8) is 0 Å². The Balaban J connectivity index is 0.00000222. The molecular formula is C31H48N4O. The number of dihydropyridines is 1. The lowest BCUT2D eigenvalue weighted by molar-refractivity contribution is 0.0766. The molecule has 1 atom stereocenters. The number of ether oxygens (including phenoxy) is 1. The summed E-state index contributed by atoms with van der Waals surface area (Å²) in [6.07, 6.45) is 12.8. The van der Waals surface area contributed by atoms with E-state index >= 15 is 0 Å². The largest absolute Gasteiger partial charge is 0.478 e. The van der Waals surface area contributed by atoms with Crippen molar-refractivity contribution in [2.75, 3.05) is 34.3 Å². The predicted octanol–water partition coefficient (Wildman–Crippen LogP) is 6.56. The van der Waals surface area contributed by atoms with Gasteiger partial charge in [-0.15, -0.1) is 0 Å². The molecule has 2 aliphatic rings. The predicted molar refractivity (Wildman–Crippen MR) is 155 cm³/mol. The second kappa shape index (κ2) is 12.9. The average molecular weight is 493 g/mol. The molecule has 36 heavy (non-hydrogen) atoms. The first kappa shape index (κ1) is 29.3. The molecule has 1 aromatic rings. The lowest BCUT2D eigenvalue weighted by Crippen LogP contribution is -2.41. The first-order valence-corrected chi connectivity index (χ1v) is 13.3. The van der Waals surface area contributed by atoms with Gasteiger partial charge in [-0.25, -0.2) is 5.43 Å². The lowest BCUT2D eigenvalue weighted by atomic mass is 9.85. The van der Waals surface area contributed by atoms with Gasteiger partial charge < -0.3 is 20.0 Å². The van der Waals surface area contributed by atoms with Crippen LogP contribution in [0.25, 0.3) is 5.57 Å². The molecule has 0 saturated heterocycles.